The van der Waals surface area contributed by atoms with E-state index in [0.717, 1.165) is 35.9 Å². The number of hydrogen-bond donors (Lipinski definition) is 0. The van der Waals surface area contributed by atoms with Gasteiger partial charge in [0.2, 0.25) is 0 Å². The summed E-state index contributed by atoms with van der Waals surface area (Å²) in [6.07, 6.45) is 3.12. The van der Waals surface area contributed by atoms with Crippen LogP contribution in [0.1, 0.15) is 37.6 Å². The van der Waals surface area contributed by atoms with Gasteiger partial charge in [-0.15, -0.1) is 0 Å². The Labute approximate surface area is 190 Å². The first-order valence-electron chi connectivity index (χ1n) is 11.0. The monoisotopic (exact) mass is 445 g/mol. The number of aromatic nitrogens is 5. The molecule has 0 atom stereocenters. The number of para-hydroxylation sites is 2. The van der Waals surface area contributed by atoms with Gasteiger partial charge in [0, 0.05) is 11.6 Å². The minimum Gasteiger partial charge on any atom is -0.304 e. The number of aryl methyl sites for hydroxylation is 1. The quantitative estimate of drug-likeness (QED) is 0.324. The molecule has 5 rings (SSSR count). The van der Waals surface area contributed by atoms with Crippen molar-refractivity contribution < 1.29 is 0 Å². The lowest BCUT2D eigenvalue weighted by Gasteiger charge is -2.11. The van der Waals surface area contributed by atoms with Gasteiger partial charge in [-0.25, -0.2) is 15.0 Å². The molecule has 0 amide bonds. The predicted molar refractivity (Wildman–Crippen MR) is 129 cm³/mol. The van der Waals surface area contributed by atoms with Crippen molar-refractivity contribution in [3.05, 3.63) is 75.3 Å². The highest BCUT2D eigenvalue weighted by Crippen LogP contribution is 2.26. The van der Waals surface area contributed by atoms with Crippen molar-refractivity contribution in [1.29, 1.82) is 0 Å². The lowest BCUT2D eigenvalue weighted by molar-refractivity contribution is 0.569. The Kier molecular flexibility index (Phi) is 5.39. The molecule has 0 aliphatic heterocycles. The summed E-state index contributed by atoms with van der Waals surface area (Å²) in [6.45, 7) is 5.23. The summed E-state index contributed by atoms with van der Waals surface area (Å²) in [5, 5.41) is 1.22. The summed E-state index contributed by atoms with van der Waals surface area (Å²) in [5.41, 5.74) is 4.46. The molecule has 0 saturated carbocycles. The minimum atomic E-state index is -0.0481. The van der Waals surface area contributed by atoms with Crippen molar-refractivity contribution in [3.8, 4) is 0 Å². The average Bonchev–Trinajstić information content (AvgIpc) is 3.08. The van der Waals surface area contributed by atoms with Crippen LogP contribution in [-0.2, 0) is 13.1 Å². The zero-order chi connectivity index (χ0) is 22.2. The summed E-state index contributed by atoms with van der Waals surface area (Å²) in [7, 11) is 0. The van der Waals surface area contributed by atoms with Crippen molar-refractivity contribution in [2.75, 3.05) is 0 Å². The molecule has 0 saturated heterocycles. The van der Waals surface area contributed by atoms with E-state index in [1.807, 2.05) is 60.0 Å². The van der Waals surface area contributed by atoms with E-state index >= 15 is 0 Å². The second kappa shape index (κ2) is 8.36. The summed E-state index contributed by atoms with van der Waals surface area (Å²) >= 11 is 6.07. The van der Waals surface area contributed by atoms with Crippen molar-refractivity contribution >= 4 is 44.8 Å². The Hall–Kier alpha value is -3.25. The third-order valence-electron chi connectivity index (χ3n) is 5.88. The molecule has 0 spiro atoms. The van der Waals surface area contributed by atoms with E-state index < -0.39 is 0 Å². The number of halogens is 1. The maximum Gasteiger partial charge on any atom is 0.265 e. The number of fused-ring (bicyclic) bond motifs is 4. The van der Waals surface area contributed by atoms with Crippen LogP contribution in [0.15, 0.2) is 53.3 Å². The molecular weight excluding hydrogens is 422 g/mol. The van der Waals surface area contributed by atoms with E-state index in [-0.39, 0.29) is 5.56 Å². The molecule has 0 radical (unpaired) electrons. The molecule has 32 heavy (non-hydrogen) atoms. The lowest BCUT2D eigenvalue weighted by atomic mass is 10.2. The van der Waals surface area contributed by atoms with Crippen LogP contribution in [0.4, 0.5) is 0 Å². The molecule has 0 aliphatic rings. The average molecular weight is 446 g/mol. The molecule has 3 aromatic heterocycles. The van der Waals surface area contributed by atoms with Gasteiger partial charge in [0.05, 0.1) is 17.6 Å². The Bertz CT molecular complexity index is 1500. The van der Waals surface area contributed by atoms with Gasteiger partial charge in [-0.3, -0.25) is 9.36 Å². The second-order valence-corrected chi connectivity index (χ2v) is 8.56. The summed E-state index contributed by atoms with van der Waals surface area (Å²) < 4.78 is 3.78. The summed E-state index contributed by atoms with van der Waals surface area (Å²) in [6, 6.07) is 15.4. The Morgan fingerprint density at radius 3 is 2.31 bits per heavy atom. The maximum atomic E-state index is 13.6. The topological polar surface area (TPSA) is 65.6 Å². The van der Waals surface area contributed by atoms with Gasteiger partial charge in [-0.05, 0) is 43.2 Å². The first kappa shape index (κ1) is 20.6. The third-order valence-corrected chi connectivity index (χ3v) is 6.13. The number of unbranched alkanes of at least 4 members (excludes halogenated alkanes) is 2. The Morgan fingerprint density at radius 2 is 1.59 bits per heavy atom. The number of hydrogen-bond acceptors (Lipinski definition) is 4. The largest absolute Gasteiger partial charge is 0.304 e. The standard InChI is InChI=1S/C25H24ClN5O/c1-3-4-7-14-30-16(2)27-23-21(25(30)32)22-24(29-20-9-6-5-8-19(20)28-22)31(23)15-17-10-12-18(26)13-11-17/h5-6,8-13H,3-4,7,14-15H2,1-2H3. The Morgan fingerprint density at radius 1 is 0.875 bits per heavy atom. The first-order chi connectivity index (χ1) is 15.6. The molecular formula is C25H24ClN5O. The lowest BCUT2D eigenvalue weighted by Crippen LogP contribution is -2.24. The van der Waals surface area contributed by atoms with Crippen molar-refractivity contribution in [2.24, 2.45) is 0 Å². The van der Waals surface area contributed by atoms with Gasteiger partial charge >= 0.3 is 0 Å². The van der Waals surface area contributed by atoms with E-state index in [0.29, 0.717) is 46.1 Å². The van der Waals surface area contributed by atoms with E-state index in [1.165, 1.54) is 0 Å². The number of nitrogens with zero attached hydrogens (tertiary/aromatic N) is 5. The van der Waals surface area contributed by atoms with Gasteiger partial charge in [-0.2, -0.15) is 0 Å². The molecule has 5 aromatic rings. The summed E-state index contributed by atoms with van der Waals surface area (Å²) in [4.78, 5) is 28.2. The van der Waals surface area contributed by atoms with Crippen LogP contribution in [0.2, 0.25) is 5.02 Å². The molecule has 3 heterocycles. The van der Waals surface area contributed by atoms with Gasteiger partial charge in [0.25, 0.3) is 5.56 Å². The van der Waals surface area contributed by atoms with Crippen LogP contribution in [0.25, 0.3) is 33.2 Å². The van der Waals surface area contributed by atoms with E-state index in [2.05, 4.69) is 6.92 Å². The van der Waals surface area contributed by atoms with Crippen LogP contribution in [0, 0.1) is 6.92 Å². The van der Waals surface area contributed by atoms with E-state index in [9.17, 15) is 4.79 Å². The zero-order valence-electron chi connectivity index (χ0n) is 18.2. The van der Waals surface area contributed by atoms with Crippen LogP contribution in [0.3, 0.4) is 0 Å². The molecule has 0 bridgehead atoms. The van der Waals surface area contributed by atoms with Crippen molar-refractivity contribution in [2.45, 2.75) is 46.2 Å². The molecule has 6 nitrogen and oxygen atoms in total. The van der Waals surface area contributed by atoms with Crippen molar-refractivity contribution in [3.63, 3.8) is 0 Å². The van der Waals surface area contributed by atoms with Crippen molar-refractivity contribution in [1.82, 2.24) is 24.1 Å². The smallest absolute Gasteiger partial charge is 0.265 e. The number of rotatable bonds is 6. The molecule has 0 aliphatic carbocycles. The molecule has 162 valence electrons. The summed E-state index contributed by atoms with van der Waals surface area (Å²) in [5.74, 6) is 0.711. The first-order valence-corrected chi connectivity index (χ1v) is 11.3. The van der Waals surface area contributed by atoms with Gasteiger partial charge in [0.15, 0.2) is 11.3 Å². The molecule has 0 N–H and O–H groups in total. The third kappa shape index (κ3) is 3.54. The highest BCUT2D eigenvalue weighted by molar-refractivity contribution is 6.30. The zero-order valence-corrected chi connectivity index (χ0v) is 18.9. The minimum absolute atomic E-state index is 0.0481. The fourth-order valence-electron chi connectivity index (χ4n) is 4.20. The highest BCUT2D eigenvalue weighted by atomic mass is 35.5. The predicted octanol–water partition coefficient (Wildman–Crippen LogP) is 5.49. The van der Waals surface area contributed by atoms with Gasteiger partial charge < -0.3 is 4.57 Å². The molecule has 0 fully saturated rings. The van der Waals surface area contributed by atoms with Crippen LogP contribution < -0.4 is 5.56 Å². The molecule has 7 heteroatoms. The van der Waals surface area contributed by atoms with Crippen LogP contribution in [-0.4, -0.2) is 24.1 Å². The molecule has 2 aromatic carbocycles. The van der Waals surface area contributed by atoms with Crippen LogP contribution in [0.5, 0.6) is 0 Å². The SMILES string of the molecule is CCCCCn1c(C)nc2c(c1=O)c1nc3ccccc3nc1n2Cc1ccc(Cl)cc1. The van der Waals surface area contributed by atoms with Crippen LogP contribution >= 0.6 is 11.6 Å². The maximum absolute atomic E-state index is 13.6. The fraction of sp³-hybridized carbons (Fsp3) is 0.280. The second-order valence-electron chi connectivity index (χ2n) is 8.12. The number of benzene rings is 2. The van der Waals surface area contributed by atoms with E-state index in [4.69, 9.17) is 26.6 Å². The Balaban J connectivity index is 1.80. The normalized spacial score (nSPS) is 11.7. The fourth-order valence-corrected chi connectivity index (χ4v) is 4.33. The molecule has 0 unspecified atom stereocenters. The van der Waals surface area contributed by atoms with Gasteiger partial charge in [0.1, 0.15) is 16.7 Å². The highest BCUT2D eigenvalue weighted by Gasteiger charge is 2.21. The van der Waals surface area contributed by atoms with E-state index in [1.54, 1.807) is 4.57 Å². The van der Waals surface area contributed by atoms with Gasteiger partial charge in [-0.1, -0.05) is 55.6 Å².